The molecule has 64 valence electrons. The second-order valence-electron chi connectivity index (χ2n) is 2.02. The van der Waals surface area contributed by atoms with E-state index in [-0.39, 0.29) is 5.29 Å². The predicted octanol–water partition coefficient (Wildman–Crippen LogP) is 2.79. The van der Waals surface area contributed by atoms with Gasteiger partial charge in [-0.1, -0.05) is 46.4 Å². The fraction of sp³-hybridized carbons (Fsp3) is 0.750. The van der Waals surface area contributed by atoms with Crippen LogP contribution >= 0.6 is 58.0 Å². The highest BCUT2D eigenvalue weighted by Gasteiger charge is 2.56. The maximum atomic E-state index is 5.73. The van der Waals surface area contributed by atoms with Crippen LogP contribution in [-0.4, -0.2) is 26.2 Å². The van der Waals surface area contributed by atoms with Crippen molar-refractivity contribution in [2.45, 2.75) is 8.91 Å². The SMILES string of the molecule is CN1C(Cl)=NC(Cl)(Cl)C1(Cl)Cl. The van der Waals surface area contributed by atoms with Gasteiger partial charge in [-0.05, 0) is 11.6 Å². The second-order valence-corrected chi connectivity index (χ2v) is 4.94. The van der Waals surface area contributed by atoms with Crippen LogP contribution in [0.3, 0.4) is 0 Å². The van der Waals surface area contributed by atoms with Crippen LogP contribution in [0.5, 0.6) is 0 Å². The number of nitrogens with zero attached hydrogens (tertiary/aromatic N) is 2. The maximum absolute atomic E-state index is 5.73. The van der Waals surface area contributed by atoms with Crippen molar-refractivity contribution in [3.63, 3.8) is 0 Å². The summed E-state index contributed by atoms with van der Waals surface area (Å²) in [6.45, 7) is 0. The molecule has 0 saturated heterocycles. The van der Waals surface area contributed by atoms with Gasteiger partial charge < -0.3 is 4.90 Å². The number of halogens is 5. The normalized spacial score (nSPS) is 27.1. The molecule has 0 N–H and O–H groups in total. The van der Waals surface area contributed by atoms with Gasteiger partial charge in [0.2, 0.25) is 4.46 Å². The number of rotatable bonds is 0. The molecule has 0 spiro atoms. The molecule has 0 aromatic rings. The van der Waals surface area contributed by atoms with Crippen LogP contribution < -0.4 is 0 Å². The lowest BCUT2D eigenvalue weighted by Crippen LogP contribution is -2.43. The number of hydrogen-bond acceptors (Lipinski definition) is 2. The van der Waals surface area contributed by atoms with Gasteiger partial charge in [-0.2, -0.15) is 0 Å². The highest BCUT2D eigenvalue weighted by atomic mass is 35.5. The average Bonchev–Trinajstić information content (AvgIpc) is 1.93. The van der Waals surface area contributed by atoms with Crippen LogP contribution in [0.2, 0.25) is 0 Å². The molecule has 11 heavy (non-hydrogen) atoms. The Morgan fingerprint density at radius 3 is 1.82 bits per heavy atom. The summed E-state index contributed by atoms with van der Waals surface area (Å²) in [6, 6.07) is 0. The minimum absolute atomic E-state index is 0.0833. The van der Waals surface area contributed by atoms with Crippen LogP contribution in [-0.2, 0) is 0 Å². The Hall–Kier alpha value is 0.920. The molecule has 0 saturated carbocycles. The van der Waals surface area contributed by atoms with Gasteiger partial charge in [0.25, 0.3) is 4.46 Å². The monoisotopic (exact) mass is 254 g/mol. The molecule has 0 unspecified atom stereocenters. The van der Waals surface area contributed by atoms with E-state index in [2.05, 4.69) is 4.99 Å². The lowest BCUT2D eigenvalue weighted by molar-refractivity contribution is 0.435. The molecule has 0 amide bonds. The molecule has 1 heterocycles. The summed E-state index contributed by atoms with van der Waals surface area (Å²) in [6.07, 6.45) is 0. The predicted molar refractivity (Wildman–Crippen MR) is 49.9 cm³/mol. The Balaban J connectivity index is 3.05. The largest absolute Gasteiger partial charge is 0.314 e. The zero-order valence-corrected chi connectivity index (χ0v) is 9.06. The minimum Gasteiger partial charge on any atom is -0.314 e. The lowest BCUT2D eigenvalue weighted by Gasteiger charge is -2.29. The van der Waals surface area contributed by atoms with E-state index in [1.807, 2.05) is 0 Å². The first-order valence-electron chi connectivity index (χ1n) is 2.54. The molecule has 0 aromatic heterocycles. The first-order chi connectivity index (χ1) is 4.79. The molecular weight excluding hydrogens is 253 g/mol. The maximum Gasteiger partial charge on any atom is 0.262 e. The van der Waals surface area contributed by atoms with Crippen LogP contribution in [0, 0.1) is 0 Å². The molecule has 0 aliphatic carbocycles. The fourth-order valence-electron chi connectivity index (χ4n) is 0.576. The van der Waals surface area contributed by atoms with Crippen LogP contribution in [0.1, 0.15) is 0 Å². The first-order valence-corrected chi connectivity index (χ1v) is 4.43. The molecule has 0 atom stereocenters. The van der Waals surface area contributed by atoms with Crippen molar-refractivity contribution in [2.24, 2.45) is 4.99 Å². The third-order valence-electron chi connectivity index (χ3n) is 1.29. The van der Waals surface area contributed by atoms with Crippen molar-refractivity contribution in [3.05, 3.63) is 0 Å². The van der Waals surface area contributed by atoms with E-state index >= 15 is 0 Å². The van der Waals surface area contributed by atoms with Gasteiger partial charge in [0.1, 0.15) is 0 Å². The summed E-state index contributed by atoms with van der Waals surface area (Å²) in [5.41, 5.74) is 0. The number of hydrogen-bond donors (Lipinski definition) is 0. The van der Waals surface area contributed by atoms with Gasteiger partial charge in [0.15, 0.2) is 5.29 Å². The minimum atomic E-state index is -1.61. The molecule has 1 rings (SSSR count). The number of amidine groups is 1. The highest BCUT2D eigenvalue weighted by molar-refractivity contribution is 6.71. The highest BCUT2D eigenvalue weighted by Crippen LogP contribution is 2.50. The molecular formula is C4H3Cl5N2. The number of alkyl halides is 4. The zero-order chi connectivity index (χ0) is 8.86. The van der Waals surface area contributed by atoms with Crippen LogP contribution in [0.25, 0.3) is 0 Å². The Labute approximate surface area is 89.0 Å². The van der Waals surface area contributed by atoms with Gasteiger partial charge >= 0.3 is 0 Å². The average molecular weight is 256 g/mol. The fourth-order valence-corrected chi connectivity index (χ4v) is 1.66. The van der Waals surface area contributed by atoms with Crippen molar-refractivity contribution in [1.82, 2.24) is 4.90 Å². The van der Waals surface area contributed by atoms with E-state index in [0.717, 1.165) is 0 Å². The van der Waals surface area contributed by atoms with E-state index in [1.54, 1.807) is 7.05 Å². The van der Waals surface area contributed by atoms with Gasteiger partial charge in [-0.15, -0.1) is 0 Å². The van der Waals surface area contributed by atoms with E-state index in [0.29, 0.717) is 0 Å². The van der Waals surface area contributed by atoms with Crippen molar-refractivity contribution in [2.75, 3.05) is 7.05 Å². The van der Waals surface area contributed by atoms with Gasteiger partial charge in [-0.3, -0.25) is 0 Å². The first kappa shape index (κ1) is 10.0. The summed E-state index contributed by atoms with van der Waals surface area (Å²) >= 11 is 28.3. The van der Waals surface area contributed by atoms with Gasteiger partial charge in [0.05, 0.1) is 0 Å². The third kappa shape index (κ3) is 1.40. The second kappa shape index (κ2) is 2.71. The molecule has 0 radical (unpaired) electrons. The van der Waals surface area contributed by atoms with Crippen molar-refractivity contribution in [1.29, 1.82) is 0 Å². The van der Waals surface area contributed by atoms with Crippen molar-refractivity contribution in [3.8, 4) is 0 Å². The lowest BCUT2D eigenvalue weighted by atomic mass is 10.6. The molecule has 7 heteroatoms. The van der Waals surface area contributed by atoms with E-state index < -0.39 is 8.91 Å². The van der Waals surface area contributed by atoms with Crippen molar-refractivity contribution < 1.29 is 0 Å². The Bertz CT molecular complexity index is 211. The topological polar surface area (TPSA) is 15.6 Å². The Kier molecular flexibility index (Phi) is 2.46. The molecule has 2 nitrogen and oxygen atoms in total. The van der Waals surface area contributed by atoms with Crippen molar-refractivity contribution >= 4 is 63.3 Å². The summed E-state index contributed by atoms with van der Waals surface area (Å²) in [4.78, 5) is 4.91. The molecule has 1 aliphatic rings. The van der Waals surface area contributed by atoms with E-state index in [1.165, 1.54) is 4.90 Å². The Morgan fingerprint density at radius 1 is 1.27 bits per heavy atom. The number of aliphatic imine (C=N–C) groups is 1. The summed E-state index contributed by atoms with van der Waals surface area (Å²) in [7, 11) is 1.54. The Morgan fingerprint density at radius 2 is 1.73 bits per heavy atom. The summed E-state index contributed by atoms with van der Waals surface area (Å²) < 4.78 is -3.12. The number of likely N-dealkylation sites (N-methyl/N-ethyl adjacent to an activating group) is 1. The van der Waals surface area contributed by atoms with Crippen LogP contribution in [0.15, 0.2) is 4.99 Å². The molecule has 0 bridgehead atoms. The molecule has 0 fully saturated rings. The standard InChI is InChI=1S/C4H3Cl5N2/c1-11-2(5)10-3(6,7)4(11,8)9/h1H3. The zero-order valence-electron chi connectivity index (χ0n) is 5.28. The van der Waals surface area contributed by atoms with Crippen LogP contribution in [0.4, 0.5) is 0 Å². The summed E-state index contributed by atoms with van der Waals surface area (Å²) in [5.74, 6) is 0. The van der Waals surface area contributed by atoms with Gasteiger partial charge in [-0.25, -0.2) is 4.99 Å². The van der Waals surface area contributed by atoms with E-state index in [9.17, 15) is 0 Å². The molecule has 1 aliphatic heterocycles. The molecule has 0 aromatic carbocycles. The quantitative estimate of drug-likeness (QED) is 0.480. The summed E-state index contributed by atoms with van der Waals surface area (Å²) in [5, 5.41) is 0.0833. The third-order valence-corrected chi connectivity index (χ3v) is 3.79. The van der Waals surface area contributed by atoms with E-state index in [4.69, 9.17) is 58.0 Å². The smallest absolute Gasteiger partial charge is 0.262 e. The van der Waals surface area contributed by atoms with Gasteiger partial charge in [0, 0.05) is 7.05 Å².